The highest BCUT2D eigenvalue weighted by molar-refractivity contribution is 9.10. The highest BCUT2D eigenvalue weighted by Crippen LogP contribution is 2.22. The van der Waals surface area contributed by atoms with Gasteiger partial charge >= 0.3 is 0 Å². The van der Waals surface area contributed by atoms with Crippen LogP contribution in [-0.2, 0) is 0 Å². The summed E-state index contributed by atoms with van der Waals surface area (Å²) in [5, 5.41) is 21.4. The first-order valence-electron chi connectivity index (χ1n) is 5.36. The van der Waals surface area contributed by atoms with Crippen LogP contribution in [0.15, 0.2) is 22.7 Å². The average Bonchev–Trinajstić information content (AvgIpc) is 2.24. The fraction of sp³-hybridized carbons (Fsp3) is 0.417. The molecule has 0 radical (unpaired) electrons. The molecule has 0 bridgehead atoms. The van der Waals surface area contributed by atoms with Crippen molar-refractivity contribution in [2.24, 2.45) is 5.92 Å². The molecule has 0 spiro atoms. The van der Waals surface area contributed by atoms with Gasteiger partial charge in [-0.25, -0.2) is 0 Å². The van der Waals surface area contributed by atoms with Gasteiger partial charge in [-0.3, -0.25) is 4.79 Å². The van der Waals surface area contributed by atoms with Crippen molar-refractivity contribution in [1.82, 2.24) is 5.32 Å². The van der Waals surface area contributed by atoms with E-state index in [4.69, 9.17) is 5.11 Å². The number of aliphatic hydroxyl groups is 1. The summed E-state index contributed by atoms with van der Waals surface area (Å²) < 4.78 is 0.703. The van der Waals surface area contributed by atoms with Crippen molar-refractivity contribution in [3.05, 3.63) is 28.2 Å². The maximum absolute atomic E-state index is 11.9. The van der Waals surface area contributed by atoms with Gasteiger partial charge in [0.05, 0.1) is 18.2 Å². The van der Waals surface area contributed by atoms with Gasteiger partial charge in [0, 0.05) is 4.47 Å². The van der Waals surface area contributed by atoms with Gasteiger partial charge in [-0.2, -0.15) is 0 Å². The minimum absolute atomic E-state index is 0.0858. The summed E-state index contributed by atoms with van der Waals surface area (Å²) in [7, 11) is 0. The molecule has 0 saturated heterocycles. The zero-order valence-electron chi connectivity index (χ0n) is 9.77. The summed E-state index contributed by atoms with van der Waals surface area (Å²) in [6.45, 7) is 3.69. The summed E-state index contributed by atoms with van der Waals surface area (Å²) in [5.74, 6) is -0.346. The number of halogens is 1. The third kappa shape index (κ3) is 3.71. The molecule has 0 aliphatic rings. The van der Waals surface area contributed by atoms with E-state index in [0.717, 1.165) is 0 Å². The minimum Gasteiger partial charge on any atom is -0.507 e. The minimum atomic E-state index is -0.386. The molecule has 1 aromatic rings. The molecule has 0 fully saturated rings. The molecule has 1 aromatic carbocycles. The molecule has 0 heterocycles. The van der Waals surface area contributed by atoms with Crippen molar-refractivity contribution in [2.75, 3.05) is 6.61 Å². The van der Waals surface area contributed by atoms with Gasteiger partial charge in [-0.05, 0) is 24.1 Å². The van der Waals surface area contributed by atoms with Gasteiger partial charge in [-0.15, -0.1) is 0 Å². The Kier molecular flexibility index (Phi) is 4.96. The summed E-state index contributed by atoms with van der Waals surface area (Å²) in [6, 6.07) is 4.35. The van der Waals surface area contributed by atoms with Gasteiger partial charge < -0.3 is 15.5 Å². The molecule has 17 heavy (non-hydrogen) atoms. The third-order valence-electron chi connectivity index (χ3n) is 2.52. The quantitative estimate of drug-likeness (QED) is 0.795. The average molecular weight is 302 g/mol. The van der Waals surface area contributed by atoms with Crippen molar-refractivity contribution in [3.63, 3.8) is 0 Å². The summed E-state index contributed by atoms with van der Waals surface area (Å²) in [4.78, 5) is 11.9. The molecule has 94 valence electrons. The van der Waals surface area contributed by atoms with E-state index in [1.54, 1.807) is 6.07 Å². The zero-order chi connectivity index (χ0) is 13.0. The van der Waals surface area contributed by atoms with Gasteiger partial charge in [0.15, 0.2) is 0 Å². The number of aliphatic hydroxyl groups excluding tert-OH is 1. The lowest BCUT2D eigenvalue weighted by Crippen LogP contribution is -2.41. The number of phenolic OH excluding ortho intramolecular Hbond substituents is 1. The lowest BCUT2D eigenvalue weighted by atomic mass is 10.0. The number of carbonyl (C=O) groups excluding carboxylic acids is 1. The molecule has 1 amide bonds. The maximum atomic E-state index is 11.9. The number of rotatable bonds is 4. The number of benzene rings is 1. The number of phenols is 1. The van der Waals surface area contributed by atoms with Crippen molar-refractivity contribution >= 4 is 21.8 Å². The van der Waals surface area contributed by atoms with Crippen LogP contribution >= 0.6 is 15.9 Å². The van der Waals surface area contributed by atoms with Crippen LogP contribution in [0, 0.1) is 5.92 Å². The Labute approximate surface area is 109 Å². The number of hydrogen-bond donors (Lipinski definition) is 3. The Morgan fingerprint density at radius 1 is 1.47 bits per heavy atom. The smallest absolute Gasteiger partial charge is 0.255 e. The first kappa shape index (κ1) is 14.0. The van der Waals surface area contributed by atoms with E-state index >= 15 is 0 Å². The van der Waals surface area contributed by atoms with Crippen LogP contribution in [0.1, 0.15) is 24.2 Å². The number of nitrogens with one attached hydrogen (secondary N) is 1. The Hall–Kier alpha value is -1.07. The molecule has 1 unspecified atom stereocenters. The van der Waals surface area contributed by atoms with E-state index in [-0.39, 0.29) is 35.8 Å². The van der Waals surface area contributed by atoms with E-state index in [2.05, 4.69) is 21.2 Å². The first-order valence-corrected chi connectivity index (χ1v) is 6.15. The maximum Gasteiger partial charge on any atom is 0.255 e. The number of aromatic hydroxyl groups is 1. The van der Waals surface area contributed by atoms with E-state index in [0.29, 0.717) is 4.47 Å². The lowest BCUT2D eigenvalue weighted by molar-refractivity contribution is 0.0894. The molecule has 0 aliphatic carbocycles. The SMILES string of the molecule is CC(C)C(CO)NC(=O)c1ccc(Br)cc1O. The second kappa shape index (κ2) is 6.02. The van der Waals surface area contributed by atoms with Crippen molar-refractivity contribution < 1.29 is 15.0 Å². The fourth-order valence-electron chi connectivity index (χ4n) is 1.37. The van der Waals surface area contributed by atoms with E-state index < -0.39 is 0 Å². The molecule has 3 N–H and O–H groups in total. The molecule has 1 rings (SSSR count). The van der Waals surface area contributed by atoms with Gasteiger partial charge in [0.25, 0.3) is 5.91 Å². The second-order valence-electron chi connectivity index (χ2n) is 4.17. The fourth-order valence-corrected chi connectivity index (χ4v) is 1.72. The molecular formula is C12H16BrNO3. The molecule has 4 nitrogen and oxygen atoms in total. The summed E-state index contributed by atoms with van der Waals surface area (Å²) in [6.07, 6.45) is 0. The van der Waals surface area contributed by atoms with E-state index in [1.807, 2.05) is 13.8 Å². The normalized spacial score (nSPS) is 12.5. The van der Waals surface area contributed by atoms with Crippen LogP contribution in [0.5, 0.6) is 5.75 Å². The first-order chi connectivity index (χ1) is 7.95. The Morgan fingerprint density at radius 3 is 2.59 bits per heavy atom. The van der Waals surface area contributed by atoms with Gasteiger partial charge in [-0.1, -0.05) is 29.8 Å². The van der Waals surface area contributed by atoms with Crippen LogP contribution in [0.3, 0.4) is 0 Å². The van der Waals surface area contributed by atoms with Crippen LogP contribution in [-0.4, -0.2) is 28.8 Å². The largest absolute Gasteiger partial charge is 0.507 e. The molecule has 5 heteroatoms. The molecular weight excluding hydrogens is 286 g/mol. The van der Waals surface area contributed by atoms with Crippen molar-refractivity contribution in [2.45, 2.75) is 19.9 Å². The van der Waals surface area contributed by atoms with Crippen LogP contribution in [0.25, 0.3) is 0 Å². The Bertz CT molecular complexity index is 407. The molecule has 0 saturated carbocycles. The van der Waals surface area contributed by atoms with Gasteiger partial charge in [0.2, 0.25) is 0 Å². The van der Waals surface area contributed by atoms with Crippen LogP contribution in [0.2, 0.25) is 0 Å². The van der Waals surface area contributed by atoms with Crippen LogP contribution in [0.4, 0.5) is 0 Å². The predicted octanol–water partition coefficient (Wildman–Crippen LogP) is 1.90. The number of carbonyl (C=O) groups is 1. The zero-order valence-corrected chi connectivity index (χ0v) is 11.4. The van der Waals surface area contributed by atoms with Crippen molar-refractivity contribution in [1.29, 1.82) is 0 Å². The highest BCUT2D eigenvalue weighted by Gasteiger charge is 2.18. The lowest BCUT2D eigenvalue weighted by Gasteiger charge is -2.20. The second-order valence-corrected chi connectivity index (χ2v) is 5.08. The molecule has 1 atom stereocenters. The highest BCUT2D eigenvalue weighted by atomic mass is 79.9. The third-order valence-corrected chi connectivity index (χ3v) is 3.02. The molecule has 0 aromatic heterocycles. The Balaban J connectivity index is 2.82. The summed E-state index contributed by atoms with van der Waals surface area (Å²) in [5.41, 5.74) is 0.201. The number of hydrogen-bond acceptors (Lipinski definition) is 3. The van der Waals surface area contributed by atoms with Gasteiger partial charge in [0.1, 0.15) is 5.75 Å². The standard InChI is InChI=1S/C12H16BrNO3/c1-7(2)10(6-15)14-12(17)9-4-3-8(13)5-11(9)16/h3-5,7,10,15-16H,6H2,1-2H3,(H,14,17). The number of amides is 1. The topological polar surface area (TPSA) is 69.6 Å². The predicted molar refractivity (Wildman–Crippen MR) is 69.0 cm³/mol. The molecule has 0 aliphatic heterocycles. The van der Waals surface area contributed by atoms with Crippen LogP contribution < -0.4 is 5.32 Å². The van der Waals surface area contributed by atoms with E-state index in [9.17, 15) is 9.90 Å². The monoisotopic (exact) mass is 301 g/mol. The summed E-state index contributed by atoms with van der Waals surface area (Å²) >= 11 is 3.20. The van der Waals surface area contributed by atoms with Crippen molar-refractivity contribution in [3.8, 4) is 5.75 Å². The Morgan fingerprint density at radius 2 is 2.12 bits per heavy atom. The van der Waals surface area contributed by atoms with E-state index in [1.165, 1.54) is 12.1 Å².